The maximum absolute atomic E-state index is 12.9. The van der Waals surface area contributed by atoms with Gasteiger partial charge < -0.3 is 4.57 Å². The number of fused-ring (bicyclic) bond motifs is 1. The van der Waals surface area contributed by atoms with Gasteiger partial charge in [0.25, 0.3) is 0 Å². The van der Waals surface area contributed by atoms with Gasteiger partial charge in [0.1, 0.15) is 12.1 Å². The van der Waals surface area contributed by atoms with Crippen LogP contribution in [0.4, 0.5) is 4.39 Å². The Bertz CT molecular complexity index is 772. The predicted molar refractivity (Wildman–Crippen MR) is 77.6 cm³/mol. The summed E-state index contributed by atoms with van der Waals surface area (Å²) in [6.45, 7) is 2.72. The summed E-state index contributed by atoms with van der Waals surface area (Å²) in [6.07, 6.45) is 0.853. The van der Waals surface area contributed by atoms with Gasteiger partial charge in [-0.1, -0.05) is 12.1 Å². The molecule has 1 heterocycles. The molecular weight excluding hydrogens is 253 g/mol. The highest BCUT2D eigenvalue weighted by Gasteiger charge is 2.07. The molecule has 3 heteroatoms. The Morgan fingerprint density at radius 1 is 1.10 bits per heavy atom. The van der Waals surface area contributed by atoms with Crippen LogP contribution in [0.1, 0.15) is 21.6 Å². The molecule has 0 aliphatic carbocycles. The van der Waals surface area contributed by atoms with Crippen molar-refractivity contribution in [1.82, 2.24) is 4.57 Å². The largest absolute Gasteiger partial charge is 0.340 e. The van der Waals surface area contributed by atoms with Gasteiger partial charge in [-0.05, 0) is 48.9 Å². The Morgan fingerprint density at radius 3 is 2.55 bits per heavy atom. The van der Waals surface area contributed by atoms with E-state index in [9.17, 15) is 9.18 Å². The zero-order valence-electron chi connectivity index (χ0n) is 11.1. The molecule has 0 aliphatic rings. The molecule has 0 N–H and O–H groups in total. The molecule has 0 atom stereocenters. The van der Waals surface area contributed by atoms with Crippen LogP contribution in [0.2, 0.25) is 0 Å². The smallest absolute Gasteiger partial charge is 0.150 e. The van der Waals surface area contributed by atoms with E-state index in [1.54, 1.807) is 12.1 Å². The van der Waals surface area contributed by atoms with Gasteiger partial charge in [0.05, 0.1) is 0 Å². The van der Waals surface area contributed by atoms with E-state index in [-0.39, 0.29) is 5.82 Å². The van der Waals surface area contributed by atoms with E-state index in [1.165, 1.54) is 12.1 Å². The second-order valence-electron chi connectivity index (χ2n) is 4.93. The van der Waals surface area contributed by atoms with E-state index in [4.69, 9.17) is 0 Å². The number of hydrogen-bond donors (Lipinski definition) is 0. The van der Waals surface area contributed by atoms with Gasteiger partial charge in [0.2, 0.25) is 0 Å². The number of hydrogen-bond acceptors (Lipinski definition) is 1. The average Bonchev–Trinajstić information content (AvgIpc) is 2.76. The highest BCUT2D eigenvalue weighted by Crippen LogP contribution is 2.22. The van der Waals surface area contributed by atoms with Gasteiger partial charge in [-0.25, -0.2) is 4.39 Å². The number of benzene rings is 2. The third kappa shape index (κ3) is 2.23. The van der Waals surface area contributed by atoms with Gasteiger partial charge >= 0.3 is 0 Å². The molecule has 0 amide bonds. The minimum Gasteiger partial charge on any atom is -0.340 e. The highest BCUT2D eigenvalue weighted by atomic mass is 19.1. The molecule has 2 aromatic carbocycles. The van der Waals surface area contributed by atoms with Crippen molar-refractivity contribution in [2.24, 2.45) is 0 Å². The molecule has 0 bridgehead atoms. The Balaban J connectivity index is 2.04. The van der Waals surface area contributed by atoms with Crippen molar-refractivity contribution in [3.05, 3.63) is 71.2 Å². The molecule has 1 aromatic heterocycles. The number of carbonyl (C=O) groups excluding carboxylic acids is 1. The molecule has 3 aromatic rings. The second-order valence-corrected chi connectivity index (χ2v) is 4.93. The molecule has 2 nitrogen and oxygen atoms in total. The number of nitrogens with zero attached hydrogens (tertiary/aromatic N) is 1. The summed E-state index contributed by atoms with van der Waals surface area (Å²) in [5.74, 6) is -0.224. The van der Waals surface area contributed by atoms with Crippen LogP contribution in [0.15, 0.2) is 48.5 Å². The van der Waals surface area contributed by atoms with Crippen molar-refractivity contribution < 1.29 is 9.18 Å². The highest BCUT2D eigenvalue weighted by molar-refractivity contribution is 5.88. The lowest BCUT2D eigenvalue weighted by Crippen LogP contribution is -2.01. The Morgan fingerprint density at radius 2 is 1.85 bits per heavy atom. The van der Waals surface area contributed by atoms with E-state index in [2.05, 4.69) is 10.6 Å². The van der Waals surface area contributed by atoms with Crippen LogP contribution in [0.5, 0.6) is 0 Å². The van der Waals surface area contributed by atoms with Crippen LogP contribution in [-0.4, -0.2) is 10.9 Å². The maximum atomic E-state index is 12.9. The van der Waals surface area contributed by atoms with E-state index < -0.39 is 0 Å². The van der Waals surface area contributed by atoms with E-state index in [0.717, 1.165) is 28.4 Å². The molecular formula is C17H14FNO. The number of carbonyl (C=O) groups is 1. The minimum absolute atomic E-state index is 0.224. The predicted octanol–water partition coefficient (Wildman–Crippen LogP) is 3.95. The van der Waals surface area contributed by atoms with E-state index in [1.807, 2.05) is 25.1 Å². The summed E-state index contributed by atoms with van der Waals surface area (Å²) < 4.78 is 15.1. The summed E-state index contributed by atoms with van der Waals surface area (Å²) in [4.78, 5) is 10.8. The van der Waals surface area contributed by atoms with Crippen molar-refractivity contribution >= 4 is 17.2 Å². The lowest BCUT2D eigenvalue weighted by molar-refractivity contribution is 0.112. The van der Waals surface area contributed by atoms with E-state index >= 15 is 0 Å². The SMILES string of the molecule is Cc1cc2cc(C=O)ccc2n1Cc1ccc(F)cc1. The zero-order chi connectivity index (χ0) is 14.1. The first kappa shape index (κ1) is 12.6. The molecule has 0 aliphatic heterocycles. The lowest BCUT2D eigenvalue weighted by atomic mass is 10.2. The average molecular weight is 267 g/mol. The topological polar surface area (TPSA) is 22.0 Å². The fourth-order valence-corrected chi connectivity index (χ4v) is 2.48. The van der Waals surface area contributed by atoms with Crippen molar-refractivity contribution in [2.75, 3.05) is 0 Å². The van der Waals surface area contributed by atoms with Crippen LogP contribution in [0, 0.1) is 12.7 Å². The molecule has 0 saturated carbocycles. The molecule has 100 valence electrons. The first-order valence-electron chi connectivity index (χ1n) is 6.47. The van der Waals surface area contributed by atoms with Gasteiger partial charge in [0, 0.05) is 28.7 Å². The standard InChI is InChI=1S/C17H14FNO/c1-12-8-15-9-14(11-20)4-7-17(15)19(12)10-13-2-5-16(18)6-3-13/h2-9,11H,10H2,1H3. The molecule has 20 heavy (non-hydrogen) atoms. The first-order valence-corrected chi connectivity index (χ1v) is 6.47. The van der Waals surface area contributed by atoms with Gasteiger partial charge in [-0.15, -0.1) is 0 Å². The summed E-state index contributed by atoms with van der Waals surface area (Å²) in [5.41, 5.74) is 3.92. The van der Waals surface area contributed by atoms with Crippen LogP contribution in [0.25, 0.3) is 10.9 Å². The van der Waals surface area contributed by atoms with Crippen molar-refractivity contribution in [1.29, 1.82) is 0 Å². The summed E-state index contributed by atoms with van der Waals surface area (Å²) in [6, 6.07) is 14.2. The molecule has 0 radical (unpaired) electrons. The van der Waals surface area contributed by atoms with Crippen molar-refractivity contribution in [3.8, 4) is 0 Å². The van der Waals surface area contributed by atoms with Gasteiger partial charge in [-0.3, -0.25) is 4.79 Å². The third-order valence-electron chi connectivity index (χ3n) is 3.52. The molecule has 0 unspecified atom stereocenters. The summed E-state index contributed by atoms with van der Waals surface area (Å²) in [7, 11) is 0. The van der Waals surface area contributed by atoms with Crippen LogP contribution in [0.3, 0.4) is 0 Å². The fourth-order valence-electron chi connectivity index (χ4n) is 2.48. The normalized spacial score (nSPS) is 10.9. The van der Waals surface area contributed by atoms with Crippen LogP contribution < -0.4 is 0 Å². The molecule has 0 fully saturated rings. The zero-order valence-corrected chi connectivity index (χ0v) is 11.1. The van der Waals surface area contributed by atoms with Crippen molar-refractivity contribution in [2.45, 2.75) is 13.5 Å². The molecule has 0 spiro atoms. The second kappa shape index (κ2) is 4.93. The minimum atomic E-state index is -0.224. The Kier molecular flexibility index (Phi) is 3.11. The maximum Gasteiger partial charge on any atom is 0.150 e. The molecule has 3 rings (SSSR count). The Labute approximate surface area is 116 Å². The lowest BCUT2D eigenvalue weighted by Gasteiger charge is -2.08. The number of halogens is 1. The third-order valence-corrected chi connectivity index (χ3v) is 3.52. The van der Waals surface area contributed by atoms with Crippen LogP contribution >= 0.6 is 0 Å². The van der Waals surface area contributed by atoms with Gasteiger partial charge in [-0.2, -0.15) is 0 Å². The number of aromatic nitrogens is 1. The quantitative estimate of drug-likeness (QED) is 0.659. The Hall–Kier alpha value is -2.42. The van der Waals surface area contributed by atoms with Crippen LogP contribution in [-0.2, 0) is 6.54 Å². The fraction of sp³-hybridized carbons (Fsp3) is 0.118. The number of aryl methyl sites for hydroxylation is 1. The number of aldehydes is 1. The van der Waals surface area contributed by atoms with Crippen molar-refractivity contribution in [3.63, 3.8) is 0 Å². The number of rotatable bonds is 3. The summed E-state index contributed by atoms with van der Waals surface area (Å²) >= 11 is 0. The summed E-state index contributed by atoms with van der Waals surface area (Å²) in [5, 5.41) is 1.05. The monoisotopic (exact) mass is 267 g/mol. The van der Waals surface area contributed by atoms with E-state index in [0.29, 0.717) is 12.1 Å². The van der Waals surface area contributed by atoms with Gasteiger partial charge in [0.15, 0.2) is 0 Å². The first-order chi connectivity index (χ1) is 9.67. The molecule has 0 saturated heterocycles.